The van der Waals surface area contributed by atoms with Crippen molar-refractivity contribution in [1.29, 1.82) is 0 Å². The number of hydrogen-bond donors (Lipinski definition) is 2. The van der Waals surface area contributed by atoms with Crippen molar-refractivity contribution in [3.8, 4) is 0 Å². The molecule has 3 N–H and O–H groups in total. The quantitative estimate of drug-likeness (QED) is 0.733. The van der Waals surface area contributed by atoms with Gasteiger partial charge in [0.25, 0.3) is 0 Å². The molecule has 2 rings (SSSR count). The Morgan fingerprint density at radius 1 is 1.56 bits per heavy atom. The first kappa shape index (κ1) is 12.8. The lowest BCUT2D eigenvalue weighted by Crippen LogP contribution is -2.39. The summed E-state index contributed by atoms with van der Waals surface area (Å²) in [7, 11) is 1.73. The SMILES string of the molecule is CNC(CCSc1nnc2ccccn12)C(N)=O. The monoisotopic (exact) mass is 265 g/mol. The molecule has 0 aliphatic heterocycles. The van der Waals surface area contributed by atoms with Crippen LogP contribution in [0.4, 0.5) is 0 Å². The second-order valence-corrected chi connectivity index (χ2v) is 4.85. The van der Waals surface area contributed by atoms with Crippen LogP contribution in [0.25, 0.3) is 5.65 Å². The third-order valence-corrected chi connectivity index (χ3v) is 3.59. The average Bonchev–Trinajstić information content (AvgIpc) is 2.78. The zero-order valence-corrected chi connectivity index (χ0v) is 10.9. The van der Waals surface area contributed by atoms with Crippen LogP contribution in [0, 0.1) is 0 Å². The number of likely N-dealkylation sites (N-methyl/N-ethyl adjacent to an activating group) is 1. The summed E-state index contributed by atoms with van der Waals surface area (Å²) in [6.45, 7) is 0. The Bertz CT molecular complexity index is 541. The molecule has 0 aliphatic rings. The number of fused-ring (bicyclic) bond motifs is 1. The maximum Gasteiger partial charge on any atom is 0.234 e. The fourth-order valence-electron chi connectivity index (χ4n) is 1.61. The summed E-state index contributed by atoms with van der Waals surface area (Å²) in [5, 5.41) is 11.9. The van der Waals surface area contributed by atoms with E-state index < -0.39 is 0 Å². The van der Waals surface area contributed by atoms with Crippen LogP contribution >= 0.6 is 11.8 Å². The second kappa shape index (κ2) is 5.83. The molecule has 2 aromatic rings. The molecule has 0 radical (unpaired) electrons. The van der Waals surface area contributed by atoms with E-state index in [1.54, 1.807) is 18.8 Å². The van der Waals surface area contributed by atoms with Gasteiger partial charge >= 0.3 is 0 Å². The molecular weight excluding hydrogens is 250 g/mol. The first-order chi connectivity index (χ1) is 8.72. The molecule has 0 spiro atoms. The molecule has 2 aromatic heterocycles. The molecular formula is C11H15N5OS. The van der Waals surface area contributed by atoms with E-state index in [1.165, 1.54) is 0 Å². The minimum absolute atomic E-state index is 0.295. The Hall–Kier alpha value is -1.60. The van der Waals surface area contributed by atoms with Crippen LogP contribution in [0.15, 0.2) is 29.6 Å². The van der Waals surface area contributed by atoms with E-state index in [1.807, 2.05) is 28.8 Å². The smallest absolute Gasteiger partial charge is 0.234 e. The molecule has 2 heterocycles. The molecule has 0 aliphatic carbocycles. The van der Waals surface area contributed by atoms with Crippen LogP contribution in [0.2, 0.25) is 0 Å². The predicted octanol–water partition coefficient (Wildman–Crippen LogP) is 0.285. The van der Waals surface area contributed by atoms with E-state index in [2.05, 4.69) is 15.5 Å². The number of carbonyl (C=O) groups is 1. The molecule has 0 aromatic carbocycles. The lowest BCUT2D eigenvalue weighted by molar-refractivity contribution is -0.119. The molecule has 0 saturated carbocycles. The van der Waals surface area contributed by atoms with E-state index >= 15 is 0 Å². The van der Waals surface area contributed by atoms with Crippen LogP contribution in [-0.4, -0.2) is 39.3 Å². The molecule has 7 heteroatoms. The van der Waals surface area contributed by atoms with E-state index in [-0.39, 0.29) is 11.9 Å². The van der Waals surface area contributed by atoms with Crippen molar-refractivity contribution >= 4 is 23.3 Å². The highest BCUT2D eigenvalue weighted by Crippen LogP contribution is 2.17. The first-order valence-corrected chi connectivity index (χ1v) is 6.60. The van der Waals surface area contributed by atoms with Gasteiger partial charge in [0.05, 0.1) is 6.04 Å². The number of nitrogens with two attached hydrogens (primary N) is 1. The molecule has 1 amide bonds. The van der Waals surface area contributed by atoms with E-state index in [4.69, 9.17) is 5.73 Å². The number of pyridine rings is 1. The zero-order chi connectivity index (χ0) is 13.0. The minimum atomic E-state index is -0.329. The Morgan fingerprint density at radius 3 is 3.11 bits per heavy atom. The third-order valence-electron chi connectivity index (χ3n) is 2.61. The highest BCUT2D eigenvalue weighted by Gasteiger charge is 2.13. The van der Waals surface area contributed by atoms with Gasteiger partial charge in [-0.25, -0.2) is 0 Å². The van der Waals surface area contributed by atoms with Gasteiger partial charge in [0.15, 0.2) is 10.8 Å². The summed E-state index contributed by atoms with van der Waals surface area (Å²) in [5.74, 6) is 0.425. The van der Waals surface area contributed by atoms with Crippen molar-refractivity contribution in [2.45, 2.75) is 17.6 Å². The van der Waals surface area contributed by atoms with E-state index in [0.717, 1.165) is 16.6 Å². The van der Waals surface area contributed by atoms with Crippen LogP contribution in [0.3, 0.4) is 0 Å². The van der Waals surface area contributed by atoms with Gasteiger partial charge < -0.3 is 11.1 Å². The van der Waals surface area contributed by atoms with Crippen LogP contribution in [0.5, 0.6) is 0 Å². The molecule has 0 fully saturated rings. The average molecular weight is 265 g/mol. The van der Waals surface area contributed by atoms with Crippen molar-refractivity contribution in [3.63, 3.8) is 0 Å². The first-order valence-electron chi connectivity index (χ1n) is 5.61. The molecule has 0 saturated heterocycles. The number of hydrogen-bond acceptors (Lipinski definition) is 5. The molecule has 0 bridgehead atoms. The number of nitrogens with one attached hydrogen (secondary N) is 1. The predicted molar refractivity (Wildman–Crippen MR) is 70.4 cm³/mol. The minimum Gasteiger partial charge on any atom is -0.368 e. The maximum absolute atomic E-state index is 11.1. The molecule has 96 valence electrons. The van der Waals surface area contributed by atoms with Crippen molar-refractivity contribution in [2.75, 3.05) is 12.8 Å². The highest BCUT2D eigenvalue weighted by molar-refractivity contribution is 7.99. The van der Waals surface area contributed by atoms with Gasteiger partial charge in [-0.2, -0.15) is 0 Å². The number of carbonyl (C=O) groups excluding carboxylic acids is 1. The van der Waals surface area contributed by atoms with E-state index in [0.29, 0.717) is 6.42 Å². The largest absolute Gasteiger partial charge is 0.368 e. The van der Waals surface area contributed by atoms with Crippen molar-refractivity contribution in [1.82, 2.24) is 19.9 Å². The van der Waals surface area contributed by atoms with Crippen molar-refractivity contribution in [2.24, 2.45) is 5.73 Å². The van der Waals surface area contributed by atoms with Crippen LogP contribution in [-0.2, 0) is 4.79 Å². The Morgan fingerprint density at radius 2 is 2.39 bits per heavy atom. The maximum atomic E-state index is 11.1. The Labute approximate surface area is 109 Å². The summed E-state index contributed by atoms with van der Waals surface area (Å²) in [6, 6.07) is 5.45. The molecule has 1 atom stereocenters. The summed E-state index contributed by atoms with van der Waals surface area (Å²) >= 11 is 1.56. The normalized spacial score (nSPS) is 12.7. The summed E-state index contributed by atoms with van der Waals surface area (Å²) in [5.41, 5.74) is 6.07. The number of rotatable bonds is 6. The number of thioether (sulfide) groups is 1. The Kier molecular flexibility index (Phi) is 4.16. The number of aromatic nitrogens is 3. The summed E-state index contributed by atoms with van der Waals surface area (Å²) in [4.78, 5) is 11.1. The van der Waals surface area contributed by atoms with E-state index in [9.17, 15) is 4.79 Å². The lowest BCUT2D eigenvalue weighted by atomic mass is 10.2. The van der Waals surface area contributed by atoms with Crippen LogP contribution < -0.4 is 11.1 Å². The topological polar surface area (TPSA) is 85.3 Å². The lowest BCUT2D eigenvalue weighted by Gasteiger charge is -2.10. The van der Waals surface area contributed by atoms with Gasteiger partial charge in [-0.15, -0.1) is 10.2 Å². The van der Waals surface area contributed by atoms with Gasteiger partial charge in [-0.1, -0.05) is 17.8 Å². The number of primary amides is 1. The van der Waals surface area contributed by atoms with Gasteiger partial charge in [-0.3, -0.25) is 9.20 Å². The highest BCUT2D eigenvalue weighted by atomic mass is 32.2. The Balaban J connectivity index is 1.96. The van der Waals surface area contributed by atoms with Gasteiger partial charge in [0.1, 0.15) is 0 Å². The van der Waals surface area contributed by atoms with Crippen LogP contribution in [0.1, 0.15) is 6.42 Å². The van der Waals surface area contributed by atoms with Gasteiger partial charge in [0, 0.05) is 11.9 Å². The standard InChI is InChI=1S/C11H15N5OS/c1-13-8(10(12)17)5-7-18-11-15-14-9-4-2-3-6-16(9)11/h2-4,6,8,13H,5,7H2,1H3,(H2,12,17). The number of nitrogens with zero attached hydrogens (tertiary/aromatic N) is 3. The van der Waals surface area contributed by atoms with Gasteiger partial charge in [-0.05, 0) is 25.6 Å². The fourth-order valence-corrected chi connectivity index (χ4v) is 2.54. The molecule has 1 unspecified atom stereocenters. The summed E-state index contributed by atoms with van der Waals surface area (Å²) in [6.07, 6.45) is 2.58. The second-order valence-electron chi connectivity index (χ2n) is 3.79. The zero-order valence-electron chi connectivity index (χ0n) is 10.0. The fraction of sp³-hybridized carbons (Fsp3) is 0.364. The van der Waals surface area contributed by atoms with Crippen molar-refractivity contribution in [3.05, 3.63) is 24.4 Å². The molecule has 18 heavy (non-hydrogen) atoms. The molecule has 6 nitrogen and oxygen atoms in total. The third kappa shape index (κ3) is 2.80. The van der Waals surface area contributed by atoms with Gasteiger partial charge in [0.2, 0.25) is 5.91 Å². The number of amides is 1. The summed E-state index contributed by atoms with van der Waals surface area (Å²) < 4.78 is 1.92. The van der Waals surface area contributed by atoms with Crippen molar-refractivity contribution < 1.29 is 4.79 Å².